The molecule has 0 aliphatic carbocycles. The molecule has 1 aliphatic heterocycles. The van der Waals surface area contributed by atoms with Gasteiger partial charge in [0.15, 0.2) is 0 Å². The first-order valence-corrected chi connectivity index (χ1v) is 8.72. The van der Waals surface area contributed by atoms with Gasteiger partial charge in [0.2, 0.25) is 15.9 Å². The minimum Gasteiger partial charge on any atom is -0.356 e. The Labute approximate surface area is 130 Å². The number of nitrogens with one attached hydrogen (secondary N) is 1. The van der Waals surface area contributed by atoms with E-state index in [-0.39, 0.29) is 23.3 Å². The zero-order valence-corrected chi connectivity index (χ0v) is 13.7. The van der Waals surface area contributed by atoms with Crippen LogP contribution in [0.2, 0.25) is 5.02 Å². The molecule has 0 aromatic heterocycles. The maximum atomic E-state index is 12.6. The third-order valence-electron chi connectivity index (χ3n) is 3.65. The summed E-state index contributed by atoms with van der Waals surface area (Å²) in [5, 5.41) is 3.16. The van der Waals surface area contributed by atoms with E-state index < -0.39 is 10.0 Å². The van der Waals surface area contributed by atoms with Crippen LogP contribution in [0.15, 0.2) is 23.1 Å². The maximum absolute atomic E-state index is 12.6. The Bertz CT molecular complexity index is 646. The van der Waals surface area contributed by atoms with Gasteiger partial charge in [-0.1, -0.05) is 17.7 Å². The zero-order chi connectivity index (χ0) is 15.6. The van der Waals surface area contributed by atoms with E-state index in [0.717, 1.165) is 5.56 Å². The Morgan fingerprint density at radius 3 is 2.81 bits per heavy atom. The van der Waals surface area contributed by atoms with Gasteiger partial charge in [0.25, 0.3) is 0 Å². The van der Waals surface area contributed by atoms with Crippen molar-refractivity contribution in [3.05, 3.63) is 28.8 Å². The lowest BCUT2D eigenvalue weighted by molar-refractivity contribution is -0.124. The monoisotopic (exact) mass is 330 g/mol. The van der Waals surface area contributed by atoms with Crippen LogP contribution in [0.4, 0.5) is 0 Å². The lowest BCUT2D eigenvalue weighted by Crippen LogP contribution is -2.34. The highest BCUT2D eigenvalue weighted by Crippen LogP contribution is 2.27. The quantitative estimate of drug-likeness (QED) is 0.915. The van der Waals surface area contributed by atoms with E-state index in [2.05, 4.69) is 5.32 Å². The van der Waals surface area contributed by atoms with Crippen molar-refractivity contribution in [3.8, 4) is 0 Å². The molecule has 1 atom stereocenters. The summed E-state index contributed by atoms with van der Waals surface area (Å²) in [6.45, 7) is 4.79. The Hall–Kier alpha value is -1.11. The fraction of sp³-hybridized carbons (Fsp3) is 0.500. The van der Waals surface area contributed by atoms with Crippen molar-refractivity contribution in [3.63, 3.8) is 0 Å². The van der Waals surface area contributed by atoms with Gasteiger partial charge in [-0.2, -0.15) is 4.31 Å². The molecule has 116 valence electrons. The van der Waals surface area contributed by atoms with Gasteiger partial charge in [-0.15, -0.1) is 0 Å². The predicted octanol–water partition coefficient (Wildman–Crippen LogP) is 1.80. The van der Waals surface area contributed by atoms with Crippen molar-refractivity contribution in [2.24, 2.45) is 5.92 Å². The molecule has 0 spiro atoms. The van der Waals surface area contributed by atoms with Gasteiger partial charge in [0, 0.05) is 24.7 Å². The zero-order valence-electron chi connectivity index (χ0n) is 12.1. The molecule has 21 heavy (non-hydrogen) atoms. The molecule has 1 unspecified atom stereocenters. The SMILES string of the molecule is CCNC(=O)C1CCN(S(=O)(=O)c2ccc(C)c(Cl)c2)C1. The van der Waals surface area contributed by atoms with Crippen molar-refractivity contribution < 1.29 is 13.2 Å². The lowest BCUT2D eigenvalue weighted by Gasteiger charge is -2.17. The Kier molecular flexibility index (Phi) is 4.91. The van der Waals surface area contributed by atoms with Crippen LogP contribution in [0.1, 0.15) is 18.9 Å². The number of sulfonamides is 1. The molecular formula is C14H19ClN2O3S. The number of aryl methyl sites for hydroxylation is 1. The van der Waals surface area contributed by atoms with Gasteiger partial charge in [-0.05, 0) is 38.0 Å². The first-order valence-electron chi connectivity index (χ1n) is 6.90. The van der Waals surface area contributed by atoms with E-state index in [4.69, 9.17) is 11.6 Å². The van der Waals surface area contributed by atoms with Gasteiger partial charge in [-0.25, -0.2) is 8.42 Å². The first kappa shape index (κ1) is 16.3. The Morgan fingerprint density at radius 1 is 1.48 bits per heavy atom. The van der Waals surface area contributed by atoms with E-state index in [0.29, 0.717) is 24.5 Å². The fourth-order valence-corrected chi connectivity index (χ4v) is 4.13. The highest BCUT2D eigenvalue weighted by atomic mass is 35.5. The highest BCUT2D eigenvalue weighted by molar-refractivity contribution is 7.89. The van der Waals surface area contributed by atoms with E-state index in [1.54, 1.807) is 12.1 Å². The summed E-state index contributed by atoms with van der Waals surface area (Å²) in [7, 11) is -3.59. The number of hydrogen-bond acceptors (Lipinski definition) is 3. The van der Waals surface area contributed by atoms with Crippen molar-refractivity contribution in [1.29, 1.82) is 0 Å². The molecule has 1 aromatic carbocycles. The van der Waals surface area contributed by atoms with Gasteiger partial charge < -0.3 is 5.32 Å². The number of benzene rings is 1. The van der Waals surface area contributed by atoms with Crippen molar-refractivity contribution in [1.82, 2.24) is 9.62 Å². The molecule has 0 radical (unpaired) electrons. The standard InChI is InChI=1S/C14H19ClN2O3S/c1-3-16-14(18)11-6-7-17(9-11)21(19,20)12-5-4-10(2)13(15)8-12/h4-5,8,11H,3,6-7,9H2,1-2H3,(H,16,18). The summed E-state index contributed by atoms with van der Waals surface area (Å²) in [5.41, 5.74) is 0.831. The molecule has 1 aromatic rings. The summed E-state index contributed by atoms with van der Waals surface area (Å²) in [6, 6.07) is 4.70. The number of hydrogen-bond donors (Lipinski definition) is 1. The van der Waals surface area contributed by atoms with E-state index in [9.17, 15) is 13.2 Å². The molecule has 7 heteroatoms. The fourth-order valence-electron chi connectivity index (χ4n) is 2.36. The summed E-state index contributed by atoms with van der Waals surface area (Å²) in [5.74, 6) is -0.363. The van der Waals surface area contributed by atoms with E-state index >= 15 is 0 Å². The minimum atomic E-state index is -3.59. The Morgan fingerprint density at radius 2 is 2.19 bits per heavy atom. The number of carbonyl (C=O) groups excluding carboxylic acids is 1. The molecule has 1 saturated heterocycles. The minimum absolute atomic E-state index is 0.0860. The van der Waals surface area contributed by atoms with Crippen LogP contribution in [-0.4, -0.2) is 38.3 Å². The number of amides is 1. The number of carbonyl (C=O) groups is 1. The number of nitrogens with zero attached hydrogens (tertiary/aromatic N) is 1. The molecule has 1 N–H and O–H groups in total. The normalized spacial score (nSPS) is 19.7. The average molecular weight is 331 g/mol. The molecule has 5 nitrogen and oxygen atoms in total. The van der Waals surface area contributed by atoms with Crippen molar-refractivity contribution >= 4 is 27.5 Å². The summed E-state index contributed by atoms with van der Waals surface area (Å²) in [6.07, 6.45) is 0.546. The van der Waals surface area contributed by atoms with Crippen LogP contribution in [0.25, 0.3) is 0 Å². The molecule has 0 saturated carbocycles. The largest absolute Gasteiger partial charge is 0.356 e. The first-order chi connectivity index (χ1) is 9.86. The predicted molar refractivity (Wildman–Crippen MR) is 81.7 cm³/mol. The van der Waals surface area contributed by atoms with Crippen LogP contribution in [0.5, 0.6) is 0 Å². The van der Waals surface area contributed by atoms with Crippen LogP contribution >= 0.6 is 11.6 Å². The summed E-state index contributed by atoms with van der Waals surface area (Å²) in [4.78, 5) is 12.0. The molecule has 2 rings (SSSR count). The molecular weight excluding hydrogens is 312 g/mol. The number of rotatable bonds is 4. The van der Waals surface area contributed by atoms with Gasteiger partial charge >= 0.3 is 0 Å². The molecule has 1 fully saturated rings. The van der Waals surface area contributed by atoms with Crippen LogP contribution in [0, 0.1) is 12.8 Å². The van der Waals surface area contributed by atoms with Gasteiger partial charge in [0.1, 0.15) is 0 Å². The van der Waals surface area contributed by atoms with Crippen LogP contribution < -0.4 is 5.32 Å². The number of halogens is 1. The summed E-state index contributed by atoms with van der Waals surface area (Å²) >= 11 is 6.00. The molecule has 1 heterocycles. The molecule has 0 bridgehead atoms. The second-order valence-corrected chi connectivity index (χ2v) is 7.50. The van der Waals surface area contributed by atoms with Crippen LogP contribution in [0.3, 0.4) is 0 Å². The maximum Gasteiger partial charge on any atom is 0.243 e. The highest BCUT2D eigenvalue weighted by Gasteiger charge is 2.35. The second kappa shape index (κ2) is 6.34. The third kappa shape index (κ3) is 3.39. The lowest BCUT2D eigenvalue weighted by atomic mass is 10.1. The molecule has 1 aliphatic rings. The van der Waals surface area contributed by atoms with Gasteiger partial charge in [0.05, 0.1) is 10.8 Å². The van der Waals surface area contributed by atoms with Crippen molar-refractivity contribution in [2.75, 3.05) is 19.6 Å². The van der Waals surface area contributed by atoms with E-state index in [1.807, 2.05) is 13.8 Å². The smallest absolute Gasteiger partial charge is 0.243 e. The average Bonchev–Trinajstić information content (AvgIpc) is 2.92. The Balaban J connectivity index is 2.18. The third-order valence-corrected chi connectivity index (χ3v) is 5.92. The summed E-state index contributed by atoms with van der Waals surface area (Å²) < 4.78 is 26.5. The van der Waals surface area contributed by atoms with Crippen LogP contribution in [-0.2, 0) is 14.8 Å². The topological polar surface area (TPSA) is 66.5 Å². The van der Waals surface area contributed by atoms with E-state index in [1.165, 1.54) is 10.4 Å². The van der Waals surface area contributed by atoms with Crippen molar-refractivity contribution in [2.45, 2.75) is 25.2 Å². The second-order valence-electron chi connectivity index (χ2n) is 5.15. The van der Waals surface area contributed by atoms with Gasteiger partial charge in [-0.3, -0.25) is 4.79 Å². The molecule has 1 amide bonds.